The van der Waals surface area contributed by atoms with Crippen LogP contribution in [-0.2, 0) is 9.53 Å². The smallest absolute Gasteiger partial charge is 0.250 e. The predicted molar refractivity (Wildman–Crippen MR) is 153 cm³/mol. The summed E-state index contributed by atoms with van der Waals surface area (Å²) in [5, 5.41) is 7.21. The molecule has 1 amide bonds. The molecular formula is C28H27ClN6O2S. The first kappa shape index (κ1) is 25.8. The maximum atomic E-state index is 12.0. The second-order valence-corrected chi connectivity index (χ2v) is 9.79. The molecule has 5 rings (SSSR count). The van der Waals surface area contributed by atoms with Crippen LogP contribution < -0.4 is 15.5 Å². The molecule has 2 atom stereocenters. The molecule has 0 spiro atoms. The van der Waals surface area contributed by atoms with Gasteiger partial charge in [0.15, 0.2) is 5.11 Å². The van der Waals surface area contributed by atoms with Crippen molar-refractivity contribution < 1.29 is 9.53 Å². The van der Waals surface area contributed by atoms with E-state index in [4.69, 9.17) is 28.6 Å². The monoisotopic (exact) mass is 546 g/mol. The summed E-state index contributed by atoms with van der Waals surface area (Å²) in [6, 6.07) is 19.0. The molecule has 1 aromatic carbocycles. The van der Waals surface area contributed by atoms with Gasteiger partial charge in [0.1, 0.15) is 12.4 Å². The lowest BCUT2D eigenvalue weighted by atomic mass is 9.96. The van der Waals surface area contributed by atoms with Gasteiger partial charge in [0.05, 0.1) is 28.5 Å². The van der Waals surface area contributed by atoms with Crippen molar-refractivity contribution in [2.45, 2.75) is 25.9 Å². The lowest BCUT2D eigenvalue weighted by molar-refractivity contribution is -0.119. The van der Waals surface area contributed by atoms with Crippen molar-refractivity contribution in [3.8, 4) is 5.82 Å². The molecular weight excluding hydrogens is 520 g/mol. The summed E-state index contributed by atoms with van der Waals surface area (Å²) in [5.41, 5.74) is 5.37. The summed E-state index contributed by atoms with van der Waals surface area (Å²) in [6.45, 7) is 4.10. The van der Waals surface area contributed by atoms with Crippen LogP contribution in [0.1, 0.15) is 34.7 Å². The van der Waals surface area contributed by atoms with Crippen molar-refractivity contribution in [1.82, 2.24) is 19.9 Å². The molecule has 1 fully saturated rings. The van der Waals surface area contributed by atoms with E-state index >= 15 is 0 Å². The highest BCUT2D eigenvalue weighted by molar-refractivity contribution is 7.80. The topological polar surface area (TPSA) is 84.3 Å². The quantitative estimate of drug-likeness (QED) is 0.304. The lowest BCUT2D eigenvalue weighted by Crippen LogP contribution is -2.29. The minimum Gasteiger partial charge on any atom is -0.375 e. The number of benzene rings is 1. The zero-order valence-electron chi connectivity index (χ0n) is 21.2. The van der Waals surface area contributed by atoms with Crippen LogP contribution in [0.3, 0.4) is 0 Å². The fourth-order valence-electron chi connectivity index (χ4n) is 4.95. The Labute approximate surface area is 231 Å². The third-order valence-corrected chi connectivity index (χ3v) is 7.17. The van der Waals surface area contributed by atoms with E-state index in [1.54, 1.807) is 18.5 Å². The summed E-state index contributed by atoms with van der Waals surface area (Å²) in [7, 11) is 1.47. The summed E-state index contributed by atoms with van der Waals surface area (Å²) in [6.07, 6.45) is 3.57. The molecule has 10 heteroatoms. The first-order valence-electron chi connectivity index (χ1n) is 12.1. The Morgan fingerprint density at radius 3 is 2.53 bits per heavy atom. The number of hydrogen-bond donors (Lipinski definition) is 2. The third kappa shape index (κ3) is 4.88. The molecule has 2 unspecified atom stereocenters. The zero-order chi connectivity index (χ0) is 26.8. The summed E-state index contributed by atoms with van der Waals surface area (Å²) in [5.74, 6) is 0.568. The fraction of sp³-hybridized carbons (Fsp3) is 0.214. The number of pyridine rings is 2. The van der Waals surface area contributed by atoms with Gasteiger partial charge >= 0.3 is 0 Å². The van der Waals surface area contributed by atoms with E-state index in [0.29, 0.717) is 15.8 Å². The van der Waals surface area contributed by atoms with Gasteiger partial charge in [0, 0.05) is 36.6 Å². The van der Waals surface area contributed by atoms with Crippen molar-refractivity contribution in [2.75, 3.05) is 23.9 Å². The second kappa shape index (κ2) is 10.9. The number of aromatic nitrogens is 3. The van der Waals surface area contributed by atoms with Crippen LogP contribution in [-0.4, -0.2) is 39.3 Å². The lowest BCUT2D eigenvalue weighted by Gasteiger charge is -2.28. The Bertz CT molecular complexity index is 1480. The van der Waals surface area contributed by atoms with E-state index in [9.17, 15) is 4.79 Å². The summed E-state index contributed by atoms with van der Waals surface area (Å²) >= 11 is 12.5. The number of methoxy groups -OCH3 is 1. The van der Waals surface area contributed by atoms with Crippen LogP contribution >= 0.6 is 23.8 Å². The normalized spacial score (nSPS) is 16.9. The predicted octanol–water partition coefficient (Wildman–Crippen LogP) is 5.30. The van der Waals surface area contributed by atoms with Crippen molar-refractivity contribution in [1.29, 1.82) is 0 Å². The van der Waals surface area contributed by atoms with Crippen LogP contribution in [0.4, 0.5) is 11.4 Å². The Morgan fingerprint density at radius 1 is 1.11 bits per heavy atom. The first-order valence-corrected chi connectivity index (χ1v) is 12.9. The SMILES string of the molecule is COCC(=O)Nc1ccc(N2C(=S)NC(c3ccccn3)C2c2cc(C)n(-c3ccccn3)c2C)cc1Cl. The van der Waals surface area contributed by atoms with Crippen molar-refractivity contribution >= 4 is 46.2 Å². The van der Waals surface area contributed by atoms with Crippen LogP contribution in [0, 0.1) is 13.8 Å². The number of rotatable bonds is 7. The Kier molecular flexibility index (Phi) is 7.42. The molecule has 0 radical (unpaired) electrons. The Balaban J connectivity index is 1.60. The van der Waals surface area contributed by atoms with Crippen LogP contribution in [0.15, 0.2) is 73.1 Å². The molecule has 1 saturated heterocycles. The van der Waals surface area contributed by atoms with E-state index in [-0.39, 0.29) is 24.6 Å². The highest BCUT2D eigenvalue weighted by atomic mass is 35.5. The standard InChI is InChI=1S/C28H27ClN6O2S/c1-17-14-20(18(2)34(17)24-9-5-7-13-31-24)27-26(23-8-4-6-12-30-23)33-28(38)35(27)19-10-11-22(21(29)15-19)32-25(36)16-37-3/h4-15,26-27H,16H2,1-3H3,(H,32,36)(H,33,38). The van der Waals surface area contributed by atoms with E-state index in [1.807, 2.05) is 48.5 Å². The molecule has 3 aromatic heterocycles. The van der Waals surface area contributed by atoms with E-state index in [2.05, 4.69) is 50.0 Å². The van der Waals surface area contributed by atoms with Crippen LogP contribution in [0.2, 0.25) is 5.02 Å². The Hall–Kier alpha value is -3.79. The highest BCUT2D eigenvalue weighted by Crippen LogP contribution is 2.44. The minimum atomic E-state index is -0.282. The van der Waals surface area contributed by atoms with Gasteiger partial charge in [-0.25, -0.2) is 4.98 Å². The number of nitrogens with one attached hydrogen (secondary N) is 2. The number of thiocarbonyl (C=S) groups is 1. The van der Waals surface area contributed by atoms with Gasteiger partial charge in [-0.2, -0.15) is 0 Å². The van der Waals surface area contributed by atoms with E-state index < -0.39 is 0 Å². The number of amides is 1. The number of ether oxygens (including phenoxy) is 1. The Morgan fingerprint density at radius 2 is 1.87 bits per heavy atom. The van der Waals surface area contributed by atoms with Gasteiger partial charge in [-0.3, -0.25) is 9.78 Å². The zero-order valence-corrected chi connectivity index (χ0v) is 22.8. The molecule has 2 N–H and O–H groups in total. The number of anilines is 2. The molecule has 38 heavy (non-hydrogen) atoms. The second-order valence-electron chi connectivity index (χ2n) is 8.99. The van der Waals surface area contributed by atoms with Gasteiger partial charge < -0.3 is 24.8 Å². The number of hydrogen-bond acceptors (Lipinski definition) is 5. The van der Waals surface area contributed by atoms with Crippen LogP contribution in [0.25, 0.3) is 5.82 Å². The van der Waals surface area contributed by atoms with Crippen molar-refractivity contribution in [3.63, 3.8) is 0 Å². The maximum absolute atomic E-state index is 12.0. The molecule has 0 aliphatic carbocycles. The first-order chi connectivity index (χ1) is 18.4. The summed E-state index contributed by atoms with van der Waals surface area (Å²) < 4.78 is 7.05. The average Bonchev–Trinajstić information content (AvgIpc) is 3.41. The molecule has 4 heterocycles. The van der Waals surface area contributed by atoms with Gasteiger partial charge in [-0.1, -0.05) is 23.7 Å². The molecule has 194 valence electrons. The summed E-state index contributed by atoms with van der Waals surface area (Å²) in [4.78, 5) is 23.3. The third-order valence-electron chi connectivity index (χ3n) is 6.55. The molecule has 8 nitrogen and oxygen atoms in total. The van der Waals surface area contributed by atoms with Crippen molar-refractivity contribution in [3.05, 3.63) is 101 Å². The largest absolute Gasteiger partial charge is 0.375 e. The molecule has 0 bridgehead atoms. The fourth-order valence-corrected chi connectivity index (χ4v) is 5.52. The number of aryl methyl sites for hydroxylation is 1. The van der Waals surface area contributed by atoms with E-state index in [1.165, 1.54) is 7.11 Å². The van der Waals surface area contributed by atoms with Crippen molar-refractivity contribution in [2.24, 2.45) is 0 Å². The molecule has 0 saturated carbocycles. The number of carbonyl (C=O) groups is 1. The van der Waals surface area contributed by atoms with Gasteiger partial charge in [-0.15, -0.1) is 0 Å². The molecule has 1 aliphatic rings. The average molecular weight is 547 g/mol. The van der Waals surface area contributed by atoms with Gasteiger partial charge in [-0.05, 0) is 80.2 Å². The maximum Gasteiger partial charge on any atom is 0.250 e. The number of halogens is 1. The van der Waals surface area contributed by atoms with E-state index in [0.717, 1.165) is 34.2 Å². The van der Waals surface area contributed by atoms with Gasteiger partial charge in [0.2, 0.25) is 5.91 Å². The number of nitrogens with zero attached hydrogens (tertiary/aromatic N) is 4. The van der Waals surface area contributed by atoms with Crippen LogP contribution in [0.5, 0.6) is 0 Å². The minimum absolute atomic E-state index is 0.0576. The molecule has 4 aromatic rings. The highest BCUT2D eigenvalue weighted by Gasteiger charge is 2.42. The van der Waals surface area contributed by atoms with Gasteiger partial charge in [0.25, 0.3) is 0 Å². The number of carbonyl (C=O) groups excluding carboxylic acids is 1. The molecule has 1 aliphatic heterocycles.